The second kappa shape index (κ2) is 6.58. The van der Waals surface area contributed by atoms with Crippen molar-refractivity contribution >= 4 is 29.0 Å². The molecule has 1 amide bonds. The average Bonchev–Trinajstić information content (AvgIpc) is 2.42. The highest BCUT2D eigenvalue weighted by atomic mass is 32.2. The van der Waals surface area contributed by atoms with Gasteiger partial charge < -0.3 is 11.1 Å². The summed E-state index contributed by atoms with van der Waals surface area (Å²) < 4.78 is 26.2. The van der Waals surface area contributed by atoms with E-state index in [1.165, 1.54) is 6.07 Å². The van der Waals surface area contributed by atoms with Crippen LogP contribution in [-0.4, -0.2) is 11.7 Å². The summed E-state index contributed by atoms with van der Waals surface area (Å²) in [4.78, 5) is 12.1. The molecule has 2 rings (SSSR count). The Morgan fingerprint density at radius 1 is 1.29 bits per heavy atom. The van der Waals surface area contributed by atoms with Crippen LogP contribution in [0.5, 0.6) is 0 Å². The molecule has 2 aromatic carbocycles. The second-order valence-corrected chi connectivity index (χ2v) is 5.47. The van der Waals surface area contributed by atoms with Crippen molar-refractivity contribution < 1.29 is 13.6 Å². The van der Waals surface area contributed by atoms with Crippen molar-refractivity contribution in [1.29, 1.82) is 0 Å². The van der Waals surface area contributed by atoms with E-state index in [-0.39, 0.29) is 16.6 Å². The summed E-state index contributed by atoms with van der Waals surface area (Å²) in [5.74, 6) is -1.61. The fourth-order valence-electron chi connectivity index (χ4n) is 1.77. The van der Waals surface area contributed by atoms with Crippen LogP contribution in [-0.2, 0) is 4.79 Å². The second-order valence-electron chi connectivity index (χ2n) is 4.45. The van der Waals surface area contributed by atoms with Crippen LogP contribution in [0.4, 0.5) is 20.2 Å². The smallest absolute Gasteiger partial charge is 0.234 e. The third kappa shape index (κ3) is 3.95. The maximum Gasteiger partial charge on any atom is 0.234 e. The van der Waals surface area contributed by atoms with Crippen LogP contribution in [0.2, 0.25) is 0 Å². The van der Waals surface area contributed by atoms with E-state index in [1.54, 1.807) is 12.1 Å². The molecule has 3 N–H and O–H groups in total. The minimum Gasteiger partial charge on any atom is -0.397 e. The lowest BCUT2D eigenvalue weighted by Gasteiger charge is -2.11. The quantitative estimate of drug-likeness (QED) is 0.670. The third-order valence-electron chi connectivity index (χ3n) is 2.82. The molecule has 0 fully saturated rings. The van der Waals surface area contributed by atoms with E-state index in [0.29, 0.717) is 11.4 Å². The largest absolute Gasteiger partial charge is 0.397 e. The number of nitrogens with one attached hydrogen (secondary N) is 1. The Morgan fingerprint density at radius 2 is 2.05 bits per heavy atom. The normalized spacial score (nSPS) is 10.4. The van der Waals surface area contributed by atoms with E-state index in [1.807, 2.05) is 13.0 Å². The van der Waals surface area contributed by atoms with Gasteiger partial charge >= 0.3 is 0 Å². The summed E-state index contributed by atoms with van der Waals surface area (Å²) in [6, 6.07) is 8.57. The highest BCUT2D eigenvalue weighted by molar-refractivity contribution is 8.00. The SMILES string of the molecule is Cc1cccc(N)c1NC(=O)CSc1ccc(F)cc1F. The first-order chi connectivity index (χ1) is 9.97. The average molecular weight is 308 g/mol. The standard InChI is InChI=1S/C15H14F2N2OS/c1-9-3-2-4-12(18)15(9)19-14(20)8-21-13-6-5-10(16)7-11(13)17/h2-7H,8,18H2,1H3,(H,19,20). The maximum atomic E-state index is 13.4. The summed E-state index contributed by atoms with van der Waals surface area (Å²) in [5.41, 5.74) is 7.67. The lowest BCUT2D eigenvalue weighted by Crippen LogP contribution is -2.16. The predicted octanol–water partition coefficient (Wildman–Crippen LogP) is 3.59. The first-order valence-corrected chi connectivity index (χ1v) is 7.18. The molecule has 0 aromatic heterocycles. The lowest BCUT2D eigenvalue weighted by molar-refractivity contribution is -0.113. The highest BCUT2D eigenvalue weighted by Crippen LogP contribution is 2.25. The number of thioether (sulfide) groups is 1. The summed E-state index contributed by atoms with van der Waals surface area (Å²) in [5, 5.41) is 2.70. The topological polar surface area (TPSA) is 55.1 Å². The molecule has 0 saturated heterocycles. The maximum absolute atomic E-state index is 13.4. The lowest BCUT2D eigenvalue weighted by atomic mass is 10.1. The Hall–Kier alpha value is -2.08. The number of halogens is 2. The fourth-order valence-corrected chi connectivity index (χ4v) is 2.49. The number of aryl methyl sites for hydroxylation is 1. The van der Waals surface area contributed by atoms with Gasteiger partial charge in [-0.2, -0.15) is 0 Å². The van der Waals surface area contributed by atoms with E-state index < -0.39 is 11.6 Å². The van der Waals surface area contributed by atoms with Gasteiger partial charge in [-0.25, -0.2) is 8.78 Å². The van der Waals surface area contributed by atoms with E-state index in [2.05, 4.69) is 5.32 Å². The summed E-state index contributed by atoms with van der Waals surface area (Å²) in [6.07, 6.45) is 0. The van der Waals surface area contributed by atoms with Gasteiger partial charge in [0.2, 0.25) is 5.91 Å². The van der Waals surface area contributed by atoms with E-state index in [4.69, 9.17) is 5.73 Å². The van der Waals surface area contributed by atoms with Crippen LogP contribution < -0.4 is 11.1 Å². The van der Waals surface area contributed by atoms with Crippen molar-refractivity contribution in [2.24, 2.45) is 0 Å². The molecule has 0 radical (unpaired) electrons. The Bertz CT molecular complexity index is 656. The molecule has 3 nitrogen and oxygen atoms in total. The Balaban J connectivity index is 1.99. The van der Waals surface area contributed by atoms with Gasteiger partial charge in [0, 0.05) is 11.0 Å². The van der Waals surface area contributed by atoms with Gasteiger partial charge in [0.25, 0.3) is 0 Å². The molecular formula is C15H14F2N2OS. The van der Waals surface area contributed by atoms with Crippen molar-refractivity contribution in [2.45, 2.75) is 11.8 Å². The number of amides is 1. The summed E-state index contributed by atoms with van der Waals surface area (Å²) in [7, 11) is 0. The van der Waals surface area contributed by atoms with Crippen molar-refractivity contribution in [3.63, 3.8) is 0 Å². The molecule has 0 heterocycles. The van der Waals surface area contributed by atoms with Crippen LogP contribution >= 0.6 is 11.8 Å². The van der Waals surface area contributed by atoms with Crippen molar-refractivity contribution in [2.75, 3.05) is 16.8 Å². The van der Waals surface area contributed by atoms with Crippen molar-refractivity contribution in [1.82, 2.24) is 0 Å². The molecule has 21 heavy (non-hydrogen) atoms. The van der Waals surface area contributed by atoms with Crippen LogP contribution in [0.1, 0.15) is 5.56 Å². The Labute approximate surface area is 125 Å². The molecule has 0 bridgehead atoms. The van der Waals surface area contributed by atoms with E-state index >= 15 is 0 Å². The minimum atomic E-state index is -0.678. The number of carbonyl (C=O) groups is 1. The minimum absolute atomic E-state index is 0.0102. The molecule has 0 saturated carbocycles. The van der Waals surface area contributed by atoms with Gasteiger partial charge in [-0.1, -0.05) is 12.1 Å². The van der Waals surface area contributed by atoms with Gasteiger partial charge in [-0.05, 0) is 30.7 Å². The molecule has 0 spiro atoms. The molecule has 0 aliphatic carbocycles. The number of nitrogens with two attached hydrogens (primary N) is 1. The third-order valence-corrected chi connectivity index (χ3v) is 3.87. The zero-order chi connectivity index (χ0) is 15.4. The van der Waals surface area contributed by atoms with Crippen LogP contribution in [0, 0.1) is 18.6 Å². The molecule has 0 aliphatic rings. The number of nitrogen functional groups attached to an aromatic ring is 1. The zero-order valence-corrected chi connectivity index (χ0v) is 12.1. The number of hydrogen-bond donors (Lipinski definition) is 2. The molecular weight excluding hydrogens is 294 g/mol. The molecule has 0 atom stereocenters. The van der Waals surface area contributed by atoms with Crippen LogP contribution in [0.15, 0.2) is 41.3 Å². The number of rotatable bonds is 4. The van der Waals surface area contributed by atoms with Crippen molar-refractivity contribution in [3.8, 4) is 0 Å². The van der Waals surface area contributed by atoms with Gasteiger partial charge in [-0.15, -0.1) is 11.8 Å². The van der Waals surface area contributed by atoms with Crippen LogP contribution in [0.3, 0.4) is 0 Å². The summed E-state index contributed by atoms with van der Waals surface area (Å²) in [6.45, 7) is 1.83. The summed E-state index contributed by atoms with van der Waals surface area (Å²) >= 11 is 1.00. The molecule has 6 heteroatoms. The van der Waals surface area contributed by atoms with E-state index in [0.717, 1.165) is 29.5 Å². The van der Waals surface area contributed by atoms with Gasteiger partial charge in [0.05, 0.1) is 17.1 Å². The Kier molecular flexibility index (Phi) is 4.80. The molecule has 0 unspecified atom stereocenters. The van der Waals surface area contributed by atoms with Gasteiger partial charge in [-0.3, -0.25) is 4.79 Å². The highest BCUT2D eigenvalue weighted by Gasteiger charge is 2.10. The van der Waals surface area contributed by atoms with Gasteiger partial charge in [0.15, 0.2) is 0 Å². The number of benzene rings is 2. The van der Waals surface area contributed by atoms with E-state index in [9.17, 15) is 13.6 Å². The number of anilines is 2. The number of carbonyl (C=O) groups excluding carboxylic acids is 1. The first-order valence-electron chi connectivity index (χ1n) is 6.20. The number of para-hydroxylation sites is 1. The number of hydrogen-bond acceptors (Lipinski definition) is 3. The Morgan fingerprint density at radius 3 is 2.71 bits per heavy atom. The monoisotopic (exact) mass is 308 g/mol. The zero-order valence-electron chi connectivity index (χ0n) is 11.3. The van der Waals surface area contributed by atoms with Crippen molar-refractivity contribution in [3.05, 3.63) is 53.6 Å². The predicted molar refractivity (Wildman–Crippen MR) is 81.3 cm³/mol. The van der Waals surface area contributed by atoms with Gasteiger partial charge in [0.1, 0.15) is 11.6 Å². The first kappa shape index (κ1) is 15.3. The van der Waals surface area contributed by atoms with Crippen LogP contribution in [0.25, 0.3) is 0 Å². The molecule has 0 aliphatic heterocycles. The molecule has 2 aromatic rings. The fraction of sp³-hybridized carbons (Fsp3) is 0.133. The molecule has 110 valence electrons.